The van der Waals surface area contributed by atoms with Gasteiger partial charge in [-0.1, -0.05) is 20.3 Å². The first kappa shape index (κ1) is 14.7. The van der Waals surface area contributed by atoms with E-state index < -0.39 is 0 Å². The molecule has 0 saturated heterocycles. The molecule has 0 aliphatic rings. The SMILES string of the molecule is CCC(C)CN(C)Cc1cc(CNC)sc1C. The van der Waals surface area contributed by atoms with Crippen LogP contribution in [0.4, 0.5) is 0 Å². The molecule has 17 heavy (non-hydrogen) atoms. The van der Waals surface area contributed by atoms with Crippen LogP contribution in [0.1, 0.15) is 35.6 Å². The predicted octanol–water partition coefficient (Wildman–Crippen LogP) is 3.25. The Morgan fingerprint density at radius 3 is 2.76 bits per heavy atom. The van der Waals surface area contributed by atoms with Crippen molar-refractivity contribution in [3.05, 3.63) is 21.4 Å². The lowest BCUT2D eigenvalue weighted by Crippen LogP contribution is -2.23. The van der Waals surface area contributed by atoms with Gasteiger partial charge in [0.2, 0.25) is 0 Å². The highest BCUT2D eigenvalue weighted by Gasteiger charge is 2.09. The molecule has 1 unspecified atom stereocenters. The van der Waals surface area contributed by atoms with Gasteiger partial charge in [-0.15, -0.1) is 11.3 Å². The van der Waals surface area contributed by atoms with E-state index in [1.807, 2.05) is 18.4 Å². The first-order chi connectivity index (χ1) is 8.06. The van der Waals surface area contributed by atoms with Gasteiger partial charge in [0.25, 0.3) is 0 Å². The second-order valence-corrected chi connectivity index (χ2v) is 6.38. The van der Waals surface area contributed by atoms with E-state index in [0.29, 0.717) is 0 Å². The monoisotopic (exact) mass is 254 g/mol. The minimum atomic E-state index is 0.788. The van der Waals surface area contributed by atoms with Gasteiger partial charge in [-0.05, 0) is 38.6 Å². The van der Waals surface area contributed by atoms with Crippen LogP contribution in [0.5, 0.6) is 0 Å². The minimum absolute atomic E-state index is 0.788. The van der Waals surface area contributed by atoms with Crippen LogP contribution in [0.2, 0.25) is 0 Å². The van der Waals surface area contributed by atoms with Crippen molar-refractivity contribution in [3.63, 3.8) is 0 Å². The predicted molar refractivity (Wildman–Crippen MR) is 77.6 cm³/mol. The maximum absolute atomic E-state index is 3.22. The Morgan fingerprint density at radius 2 is 2.18 bits per heavy atom. The molecule has 0 amide bonds. The fourth-order valence-electron chi connectivity index (χ4n) is 2.02. The van der Waals surface area contributed by atoms with Gasteiger partial charge in [0.05, 0.1) is 0 Å². The molecule has 2 nitrogen and oxygen atoms in total. The summed E-state index contributed by atoms with van der Waals surface area (Å²) in [6.07, 6.45) is 1.26. The Hall–Kier alpha value is -0.380. The van der Waals surface area contributed by atoms with Crippen LogP contribution in [-0.4, -0.2) is 25.5 Å². The Balaban J connectivity index is 2.55. The number of thiophene rings is 1. The number of aryl methyl sites for hydroxylation is 1. The second kappa shape index (κ2) is 7.14. The van der Waals surface area contributed by atoms with Gasteiger partial charge >= 0.3 is 0 Å². The minimum Gasteiger partial charge on any atom is -0.315 e. The molecule has 1 heterocycles. The topological polar surface area (TPSA) is 15.3 Å². The maximum atomic E-state index is 3.22. The average molecular weight is 254 g/mol. The molecular weight excluding hydrogens is 228 g/mol. The van der Waals surface area contributed by atoms with Crippen molar-refractivity contribution in [1.29, 1.82) is 0 Å². The fraction of sp³-hybridized carbons (Fsp3) is 0.714. The van der Waals surface area contributed by atoms with Crippen molar-refractivity contribution in [2.24, 2.45) is 5.92 Å². The van der Waals surface area contributed by atoms with E-state index in [-0.39, 0.29) is 0 Å². The summed E-state index contributed by atoms with van der Waals surface area (Å²) < 4.78 is 0. The Bertz CT molecular complexity index is 333. The molecular formula is C14H26N2S. The highest BCUT2D eigenvalue weighted by Crippen LogP contribution is 2.22. The summed E-state index contributed by atoms with van der Waals surface area (Å²) in [4.78, 5) is 5.34. The molecule has 98 valence electrons. The molecule has 3 heteroatoms. The van der Waals surface area contributed by atoms with E-state index in [9.17, 15) is 0 Å². The molecule has 0 aliphatic carbocycles. The Labute approximate surface area is 110 Å². The number of nitrogens with one attached hydrogen (secondary N) is 1. The van der Waals surface area contributed by atoms with Crippen LogP contribution < -0.4 is 5.32 Å². The highest BCUT2D eigenvalue weighted by atomic mass is 32.1. The van der Waals surface area contributed by atoms with Crippen LogP contribution >= 0.6 is 11.3 Å². The lowest BCUT2D eigenvalue weighted by atomic mass is 10.1. The summed E-state index contributed by atoms with van der Waals surface area (Å²) in [6.45, 7) is 10.1. The quantitative estimate of drug-likeness (QED) is 0.803. The van der Waals surface area contributed by atoms with Crippen molar-refractivity contribution in [1.82, 2.24) is 10.2 Å². The number of nitrogens with zero attached hydrogens (tertiary/aromatic N) is 1. The molecule has 0 radical (unpaired) electrons. The van der Waals surface area contributed by atoms with Crippen LogP contribution in [0, 0.1) is 12.8 Å². The third kappa shape index (κ3) is 4.78. The summed E-state index contributed by atoms with van der Waals surface area (Å²) in [5, 5.41) is 3.22. The third-order valence-electron chi connectivity index (χ3n) is 3.18. The normalized spacial score (nSPS) is 13.3. The van der Waals surface area contributed by atoms with E-state index in [4.69, 9.17) is 0 Å². The van der Waals surface area contributed by atoms with Crippen LogP contribution in [0.3, 0.4) is 0 Å². The third-order valence-corrected chi connectivity index (χ3v) is 4.28. The highest BCUT2D eigenvalue weighted by molar-refractivity contribution is 7.12. The zero-order chi connectivity index (χ0) is 12.8. The molecule has 1 rings (SSSR count). The van der Waals surface area contributed by atoms with Gasteiger partial charge in [-0.25, -0.2) is 0 Å². The molecule has 0 spiro atoms. The maximum Gasteiger partial charge on any atom is 0.0296 e. The summed E-state index contributed by atoms with van der Waals surface area (Å²) in [5.74, 6) is 0.788. The molecule has 0 bridgehead atoms. The van der Waals surface area contributed by atoms with Crippen molar-refractivity contribution < 1.29 is 0 Å². The molecule has 1 aromatic rings. The average Bonchev–Trinajstić information content (AvgIpc) is 2.59. The van der Waals surface area contributed by atoms with Gasteiger partial charge in [0, 0.05) is 29.4 Å². The van der Waals surface area contributed by atoms with Crippen LogP contribution in [0.15, 0.2) is 6.07 Å². The second-order valence-electron chi connectivity index (χ2n) is 5.03. The van der Waals surface area contributed by atoms with Gasteiger partial charge in [0.15, 0.2) is 0 Å². The molecule has 1 N–H and O–H groups in total. The summed E-state index contributed by atoms with van der Waals surface area (Å²) >= 11 is 1.92. The van der Waals surface area contributed by atoms with Gasteiger partial charge in [-0.3, -0.25) is 0 Å². The van der Waals surface area contributed by atoms with Gasteiger partial charge in [0.1, 0.15) is 0 Å². The Morgan fingerprint density at radius 1 is 1.47 bits per heavy atom. The van der Waals surface area contributed by atoms with E-state index in [0.717, 1.165) is 19.0 Å². The zero-order valence-electron chi connectivity index (χ0n) is 11.8. The fourth-order valence-corrected chi connectivity index (χ4v) is 3.09. The van der Waals surface area contributed by atoms with Gasteiger partial charge in [-0.2, -0.15) is 0 Å². The molecule has 0 aromatic carbocycles. The summed E-state index contributed by atoms with van der Waals surface area (Å²) in [6, 6.07) is 2.35. The number of rotatable bonds is 7. The van der Waals surface area contributed by atoms with E-state index >= 15 is 0 Å². The van der Waals surface area contributed by atoms with Gasteiger partial charge < -0.3 is 10.2 Å². The van der Waals surface area contributed by atoms with Crippen LogP contribution in [0.25, 0.3) is 0 Å². The van der Waals surface area contributed by atoms with E-state index in [1.54, 1.807) is 0 Å². The lowest BCUT2D eigenvalue weighted by molar-refractivity contribution is 0.275. The summed E-state index contributed by atoms with van der Waals surface area (Å²) in [7, 11) is 4.23. The van der Waals surface area contributed by atoms with Crippen molar-refractivity contribution >= 4 is 11.3 Å². The van der Waals surface area contributed by atoms with Crippen LogP contribution in [-0.2, 0) is 13.1 Å². The van der Waals surface area contributed by atoms with Crippen molar-refractivity contribution in [2.75, 3.05) is 20.6 Å². The van der Waals surface area contributed by atoms with Crippen molar-refractivity contribution in [3.8, 4) is 0 Å². The first-order valence-electron chi connectivity index (χ1n) is 6.48. The van der Waals surface area contributed by atoms with E-state index in [1.165, 1.54) is 28.3 Å². The lowest BCUT2D eigenvalue weighted by Gasteiger charge is -2.20. The number of hydrogen-bond donors (Lipinski definition) is 1. The largest absolute Gasteiger partial charge is 0.315 e. The first-order valence-corrected chi connectivity index (χ1v) is 7.29. The summed E-state index contributed by atoms with van der Waals surface area (Å²) in [5.41, 5.74) is 1.49. The zero-order valence-corrected chi connectivity index (χ0v) is 12.7. The number of hydrogen-bond acceptors (Lipinski definition) is 3. The molecule has 0 aliphatic heterocycles. The molecule has 0 saturated carbocycles. The standard InChI is InChI=1S/C14H26N2S/c1-6-11(2)9-16(5)10-13-7-14(8-15-4)17-12(13)3/h7,11,15H,6,8-10H2,1-5H3. The Kier molecular flexibility index (Phi) is 6.17. The molecule has 0 fully saturated rings. The molecule has 1 atom stereocenters. The van der Waals surface area contributed by atoms with Crippen molar-refractivity contribution in [2.45, 2.75) is 40.3 Å². The van der Waals surface area contributed by atoms with E-state index in [2.05, 4.69) is 44.1 Å². The molecule has 1 aromatic heterocycles. The smallest absolute Gasteiger partial charge is 0.0296 e.